The molecule has 25 heavy (non-hydrogen) atoms. The summed E-state index contributed by atoms with van der Waals surface area (Å²) in [4.78, 5) is 25.0. The van der Waals surface area contributed by atoms with Crippen LogP contribution in [0, 0.1) is 11.3 Å². The van der Waals surface area contributed by atoms with Gasteiger partial charge in [0, 0.05) is 13.0 Å². The highest BCUT2D eigenvalue weighted by atomic mass is 16.7. The third-order valence-electron chi connectivity index (χ3n) is 5.46. The molecule has 0 aromatic heterocycles. The van der Waals surface area contributed by atoms with Gasteiger partial charge in [0.2, 0.25) is 0 Å². The third kappa shape index (κ3) is 3.40. The lowest BCUT2D eigenvalue weighted by molar-refractivity contribution is -0.190. The second-order valence-corrected chi connectivity index (χ2v) is 6.68. The molecule has 144 valence electrons. The van der Waals surface area contributed by atoms with Crippen molar-refractivity contribution in [1.29, 1.82) is 0 Å². The van der Waals surface area contributed by atoms with E-state index in [1.54, 1.807) is 0 Å². The van der Waals surface area contributed by atoms with Crippen LogP contribution >= 0.6 is 0 Å². The average molecular weight is 360 g/mol. The topological polar surface area (TPSA) is 112 Å². The molecule has 8 heteroatoms. The van der Waals surface area contributed by atoms with Crippen molar-refractivity contribution in [2.24, 2.45) is 11.3 Å². The lowest BCUT2D eigenvalue weighted by Crippen LogP contribution is -2.59. The van der Waals surface area contributed by atoms with E-state index in [0.717, 1.165) is 32.8 Å². The molecule has 6 atom stereocenters. The minimum atomic E-state index is -1.82. The molecule has 2 N–H and O–H groups in total. The van der Waals surface area contributed by atoms with E-state index in [1.807, 2.05) is 0 Å². The maximum Gasteiger partial charge on any atom is 0.336 e. The number of esters is 2. The molecule has 3 unspecified atom stereocenters. The van der Waals surface area contributed by atoms with Gasteiger partial charge in [-0.1, -0.05) is 25.7 Å². The fraction of sp³-hybridized carbons (Fsp3) is 0.882. The van der Waals surface area contributed by atoms with Crippen molar-refractivity contribution in [2.45, 2.75) is 63.1 Å². The molecular weight excluding hydrogens is 332 g/mol. The molecule has 0 aromatic carbocycles. The van der Waals surface area contributed by atoms with Crippen molar-refractivity contribution in [3.63, 3.8) is 0 Å². The van der Waals surface area contributed by atoms with Crippen LogP contribution in [0.3, 0.4) is 0 Å². The van der Waals surface area contributed by atoms with Crippen LogP contribution < -0.4 is 0 Å². The Balaban J connectivity index is 2.59. The predicted molar refractivity (Wildman–Crippen MR) is 85.3 cm³/mol. The number of fused-ring (bicyclic) bond motifs is 2. The van der Waals surface area contributed by atoms with Crippen LogP contribution in [0.15, 0.2) is 0 Å². The SMILES string of the molecule is COC(=O)C(O)[C@]1(C(=O)OC)C2O[C@@H](OC)[C@@H]1CCCCCCC2O. The highest BCUT2D eigenvalue weighted by Gasteiger charge is 2.69. The predicted octanol–water partition coefficient (Wildman–Crippen LogP) is 0.382. The molecule has 2 bridgehead atoms. The summed E-state index contributed by atoms with van der Waals surface area (Å²) in [5.41, 5.74) is -1.78. The Morgan fingerprint density at radius 3 is 2.28 bits per heavy atom. The molecule has 0 radical (unpaired) electrons. The van der Waals surface area contributed by atoms with E-state index in [1.165, 1.54) is 14.2 Å². The number of aliphatic hydroxyl groups excluding tert-OH is 2. The fourth-order valence-electron chi connectivity index (χ4n) is 4.24. The van der Waals surface area contributed by atoms with Crippen molar-refractivity contribution in [3.8, 4) is 0 Å². The summed E-state index contributed by atoms with van der Waals surface area (Å²) < 4.78 is 20.8. The monoisotopic (exact) mass is 360 g/mol. The van der Waals surface area contributed by atoms with Crippen LogP contribution in [0.1, 0.15) is 38.5 Å². The van der Waals surface area contributed by atoms with Crippen LogP contribution in [0.2, 0.25) is 0 Å². The Morgan fingerprint density at radius 2 is 1.72 bits per heavy atom. The van der Waals surface area contributed by atoms with Crippen molar-refractivity contribution in [3.05, 3.63) is 0 Å². The molecular formula is C17H28O8. The van der Waals surface area contributed by atoms with E-state index >= 15 is 0 Å². The van der Waals surface area contributed by atoms with Crippen molar-refractivity contribution in [1.82, 2.24) is 0 Å². The molecule has 0 amide bonds. The number of carbonyl (C=O) groups is 2. The first kappa shape index (κ1) is 20.1. The molecule has 2 rings (SSSR count). The molecule has 0 aromatic rings. The summed E-state index contributed by atoms with van der Waals surface area (Å²) in [6, 6.07) is 0. The highest BCUT2D eigenvalue weighted by Crippen LogP contribution is 2.52. The number of hydrogen-bond donors (Lipinski definition) is 2. The molecule has 8 nitrogen and oxygen atoms in total. The van der Waals surface area contributed by atoms with Crippen LogP contribution in [-0.2, 0) is 28.5 Å². The minimum absolute atomic E-state index is 0.389. The molecule has 1 heterocycles. The molecule has 2 aliphatic rings. The largest absolute Gasteiger partial charge is 0.468 e. The normalized spacial score (nSPS) is 37.2. The number of methoxy groups -OCH3 is 3. The van der Waals surface area contributed by atoms with Gasteiger partial charge in [0.1, 0.15) is 11.5 Å². The van der Waals surface area contributed by atoms with Crippen molar-refractivity contribution >= 4 is 11.9 Å². The third-order valence-corrected chi connectivity index (χ3v) is 5.46. The maximum atomic E-state index is 12.8. The summed E-state index contributed by atoms with van der Waals surface area (Å²) in [5.74, 6) is -2.42. The number of rotatable bonds is 4. The summed E-state index contributed by atoms with van der Waals surface area (Å²) in [6.07, 6.45) is -0.537. The van der Waals surface area contributed by atoms with Crippen molar-refractivity contribution in [2.75, 3.05) is 21.3 Å². The number of ether oxygens (including phenoxy) is 4. The number of hydrogen-bond acceptors (Lipinski definition) is 8. The molecule has 1 aliphatic heterocycles. The van der Waals surface area contributed by atoms with E-state index in [0.29, 0.717) is 12.8 Å². The van der Waals surface area contributed by atoms with Gasteiger partial charge < -0.3 is 29.2 Å². The smallest absolute Gasteiger partial charge is 0.336 e. The quantitative estimate of drug-likeness (QED) is 0.692. The molecule has 1 saturated carbocycles. The average Bonchev–Trinajstić information content (AvgIpc) is 2.95. The van der Waals surface area contributed by atoms with Crippen LogP contribution in [0.4, 0.5) is 0 Å². The van der Waals surface area contributed by atoms with Gasteiger partial charge in [-0.15, -0.1) is 0 Å². The lowest BCUT2D eigenvalue weighted by Gasteiger charge is -2.40. The first-order chi connectivity index (χ1) is 11.9. The zero-order chi connectivity index (χ0) is 18.6. The second kappa shape index (κ2) is 8.44. The second-order valence-electron chi connectivity index (χ2n) is 6.68. The standard InChI is InChI=1S/C17H28O8/c1-22-14(20)12(19)17(16(21)24-3)10-8-6-4-5-7-9-11(18)13(17)25-15(10)23-2/h10-13,15,18-19H,4-9H2,1-3H3/t10-,11?,12?,13?,15+,17-/m0/s1. The fourth-order valence-corrected chi connectivity index (χ4v) is 4.24. The molecule has 2 fully saturated rings. The van der Waals surface area contributed by atoms with Crippen LogP contribution in [-0.4, -0.2) is 68.1 Å². The summed E-state index contributed by atoms with van der Waals surface area (Å²) in [7, 11) is 3.74. The van der Waals surface area contributed by atoms with E-state index in [9.17, 15) is 19.8 Å². The van der Waals surface area contributed by atoms with Gasteiger partial charge in [-0.25, -0.2) is 4.79 Å². The van der Waals surface area contributed by atoms with E-state index in [4.69, 9.17) is 14.2 Å². The Morgan fingerprint density at radius 1 is 1.08 bits per heavy atom. The summed E-state index contributed by atoms with van der Waals surface area (Å²) in [5, 5.41) is 21.4. The zero-order valence-electron chi connectivity index (χ0n) is 15.0. The Labute approximate surface area is 147 Å². The summed E-state index contributed by atoms with van der Waals surface area (Å²) in [6.45, 7) is 0. The Bertz CT molecular complexity index is 477. The summed E-state index contributed by atoms with van der Waals surface area (Å²) >= 11 is 0. The number of carbonyl (C=O) groups excluding carboxylic acids is 2. The van der Waals surface area contributed by atoms with E-state index in [2.05, 4.69) is 4.74 Å². The minimum Gasteiger partial charge on any atom is -0.468 e. The van der Waals surface area contributed by atoms with Crippen LogP contribution in [0.5, 0.6) is 0 Å². The molecule has 0 spiro atoms. The number of aliphatic hydroxyl groups is 2. The highest BCUT2D eigenvalue weighted by molar-refractivity contribution is 5.88. The first-order valence-corrected chi connectivity index (χ1v) is 8.65. The Hall–Kier alpha value is -1.22. The van der Waals surface area contributed by atoms with Gasteiger partial charge in [-0.05, 0) is 12.8 Å². The van der Waals surface area contributed by atoms with Gasteiger partial charge in [-0.2, -0.15) is 0 Å². The van der Waals surface area contributed by atoms with E-state index < -0.39 is 47.9 Å². The van der Waals surface area contributed by atoms with Gasteiger partial charge in [0.15, 0.2) is 12.4 Å². The van der Waals surface area contributed by atoms with Gasteiger partial charge in [0.25, 0.3) is 0 Å². The molecule has 1 aliphatic carbocycles. The Kier molecular flexibility index (Phi) is 6.79. The molecule has 1 saturated heterocycles. The van der Waals surface area contributed by atoms with Gasteiger partial charge in [0.05, 0.1) is 20.3 Å². The van der Waals surface area contributed by atoms with Crippen LogP contribution in [0.25, 0.3) is 0 Å². The van der Waals surface area contributed by atoms with Crippen molar-refractivity contribution < 1.29 is 38.7 Å². The maximum absolute atomic E-state index is 12.8. The first-order valence-electron chi connectivity index (χ1n) is 8.65. The van der Waals surface area contributed by atoms with E-state index in [-0.39, 0.29) is 0 Å². The lowest BCUT2D eigenvalue weighted by atomic mass is 9.64. The zero-order valence-corrected chi connectivity index (χ0v) is 15.0. The van der Waals surface area contributed by atoms with Gasteiger partial charge >= 0.3 is 11.9 Å². The van der Waals surface area contributed by atoms with Gasteiger partial charge in [-0.3, -0.25) is 4.79 Å².